The van der Waals surface area contributed by atoms with Gasteiger partial charge in [-0.3, -0.25) is 9.69 Å². The highest BCUT2D eigenvalue weighted by Crippen LogP contribution is 2.17. The van der Waals surface area contributed by atoms with Crippen LogP contribution in [0.1, 0.15) is 22.4 Å². The molecule has 0 aliphatic carbocycles. The summed E-state index contributed by atoms with van der Waals surface area (Å²) in [5, 5.41) is 7.21. The van der Waals surface area contributed by atoms with E-state index >= 15 is 0 Å². The molecule has 6 nitrogen and oxygen atoms in total. The molecule has 0 spiro atoms. The van der Waals surface area contributed by atoms with Crippen molar-refractivity contribution in [3.63, 3.8) is 0 Å². The van der Waals surface area contributed by atoms with Crippen LogP contribution in [0.15, 0.2) is 46.6 Å². The van der Waals surface area contributed by atoms with E-state index in [1.54, 1.807) is 11.3 Å². The first-order chi connectivity index (χ1) is 15.6. The third-order valence-electron chi connectivity index (χ3n) is 5.68. The van der Waals surface area contributed by atoms with Crippen LogP contribution in [0.4, 0.5) is 0 Å². The minimum atomic E-state index is -0.0624. The number of hydrogen-bond donors (Lipinski definition) is 2. The molecule has 1 aliphatic rings. The molecule has 0 radical (unpaired) electrons. The fourth-order valence-corrected chi connectivity index (χ4v) is 4.87. The van der Waals surface area contributed by atoms with E-state index in [1.165, 1.54) is 10.4 Å². The highest BCUT2D eigenvalue weighted by molar-refractivity contribution is 7.80. The van der Waals surface area contributed by atoms with Gasteiger partial charge in [0.15, 0.2) is 5.11 Å². The summed E-state index contributed by atoms with van der Waals surface area (Å²) in [6, 6.07) is 12.2. The molecule has 2 N–H and O–H groups in total. The van der Waals surface area contributed by atoms with E-state index < -0.39 is 0 Å². The molecular formula is C24H30N4O2S2. The molecule has 170 valence electrons. The van der Waals surface area contributed by atoms with Gasteiger partial charge in [-0.15, -0.1) is 11.3 Å². The van der Waals surface area contributed by atoms with Gasteiger partial charge in [-0.1, -0.05) is 17.7 Å². The number of benzene rings is 1. The van der Waals surface area contributed by atoms with Crippen LogP contribution in [-0.4, -0.2) is 59.3 Å². The number of pyridine rings is 1. The zero-order valence-corrected chi connectivity index (χ0v) is 20.1. The van der Waals surface area contributed by atoms with Gasteiger partial charge in [-0.2, -0.15) is 0 Å². The molecule has 3 aromatic rings. The maximum Gasteiger partial charge on any atom is 0.253 e. The molecule has 1 fully saturated rings. The monoisotopic (exact) mass is 470 g/mol. The predicted molar refractivity (Wildman–Crippen MR) is 135 cm³/mol. The Morgan fingerprint density at radius 2 is 2.09 bits per heavy atom. The van der Waals surface area contributed by atoms with Crippen LogP contribution in [0.3, 0.4) is 0 Å². The minimum absolute atomic E-state index is 0.0624. The zero-order chi connectivity index (χ0) is 22.3. The number of thiocarbonyl (C=S) groups is 1. The molecule has 1 saturated heterocycles. The number of aromatic nitrogens is 1. The molecule has 0 bridgehead atoms. The molecule has 1 aromatic carbocycles. The van der Waals surface area contributed by atoms with E-state index in [0.717, 1.165) is 62.3 Å². The lowest BCUT2D eigenvalue weighted by molar-refractivity contribution is 0.0376. The fourth-order valence-electron chi connectivity index (χ4n) is 3.92. The number of nitrogens with one attached hydrogen (secondary N) is 2. The van der Waals surface area contributed by atoms with Crippen LogP contribution in [-0.2, 0) is 17.8 Å². The second-order valence-corrected chi connectivity index (χ2v) is 9.61. The molecule has 0 amide bonds. The van der Waals surface area contributed by atoms with Gasteiger partial charge in [0.2, 0.25) is 0 Å². The number of fused-ring (bicyclic) bond motifs is 1. The summed E-state index contributed by atoms with van der Waals surface area (Å²) in [5.41, 5.74) is 2.69. The van der Waals surface area contributed by atoms with Crippen molar-refractivity contribution in [2.24, 2.45) is 0 Å². The number of hydrogen-bond acceptors (Lipinski definition) is 5. The van der Waals surface area contributed by atoms with E-state index in [9.17, 15) is 4.79 Å². The molecule has 4 rings (SSSR count). The highest BCUT2D eigenvalue weighted by atomic mass is 32.1. The van der Waals surface area contributed by atoms with Crippen molar-refractivity contribution in [3.05, 3.63) is 68.1 Å². The van der Waals surface area contributed by atoms with Crippen LogP contribution in [0.2, 0.25) is 0 Å². The van der Waals surface area contributed by atoms with Crippen molar-refractivity contribution >= 4 is 39.6 Å². The van der Waals surface area contributed by atoms with E-state index in [4.69, 9.17) is 17.0 Å². The SMILES string of the molecule is Cc1ccc2[nH]c(=O)c(CN(Cc3cccs3)C(=S)NCCCN3CCOCC3)cc2c1. The third-order valence-corrected chi connectivity index (χ3v) is 6.95. The van der Waals surface area contributed by atoms with Gasteiger partial charge in [0.05, 0.1) is 26.3 Å². The number of rotatable bonds is 8. The largest absolute Gasteiger partial charge is 0.379 e. The van der Waals surface area contributed by atoms with Gasteiger partial charge >= 0.3 is 0 Å². The van der Waals surface area contributed by atoms with Gasteiger partial charge in [-0.25, -0.2) is 0 Å². The summed E-state index contributed by atoms with van der Waals surface area (Å²) in [6.07, 6.45) is 1.02. The van der Waals surface area contributed by atoms with Crippen molar-refractivity contribution in [2.75, 3.05) is 39.4 Å². The lowest BCUT2D eigenvalue weighted by atomic mass is 10.1. The zero-order valence-electron chi connectivity index (χ0n) is 18.4. The summed E-state index contributed by atoms with van der Waals surface area (Å²) in [5.74, 6) is 0. The first kappa shape index (κ1) is 22.9. The van der Waals surface area contributed by atoms with Gasteiger partial charge in [0.1, 0.15) is 0 Å². The summed E-state index contributed by atoms with van der Waals surface area (Å²) in [4.78, 5) is 21.5. The van der Waals surface area contributed by atoms with Crippen LogP contribution in [0.25, 0.3) is 10.9 Å². The van der Waals surface area contributed by atoms with E-state index in [2.05, 4.69) is 44.5 Å². The number of aromatic amines is 1. The van der Waals surface area contributed by atoms with Crippen LogP contribution >= 0.6 is 23.6 Å². The minimum Gasteiger partial charge on any atom is -0.379 e. The lowest BCUT2D eigenvalue weighted by Gasteiger charge is -2.28. The molecular weight excluding hydrogens is 440 g/mol. The first-order valence-corrected chi connectivity index (χ1v) is 12.3. The quantitative estimate of drug-likeness (QED) is 0.388. The van der Waals surface area contributed by atoms with Gasteiger partial charge in [0, 0.05) is 35.6 Å². The molecule has 1 aliphatic heterocycles. The topological polar surface area (TPSA) is 60.6 Å². The van der Waals surface area contributed by atoms with Crippen LogP contribution in [0.5, 0.6) is 0 Å². The Morgan fingerprint density at radius 1 is 1.25 bits per heavy atom. The predicted octanol–water partition coefficient (Wildman–Crippen LogP) is 3.50. The van der Waals surface area contributed by atoms with Crippen molar-refractivity contribution in [1.82, 2.24) is 20.1 Å². The lowest BCUT2D eigenvalue weighted by Crippen LogP contribution is -2.41. The molecule has 0 unspecified atom stereocenters. The second kappa shape index (κ2) is 11.0. The Hall–Kier alpha value is -2.26. The molecule has 3 heterocycles. The van der Waals surface area contributed by atoms with Crippen LogP contribution < -0.4 is 10.9 Å². The van der Waals surface area contributed by atoms with E-state index in [1.807, 2.05) is 24.3 Å². The Morgan fingerprint density at radius 3 is 2.88 bits per heavy atom. The number of thiophene rings is 1. The number of nitrogens with zero attached hydrogens (tertiary/aromatic N) is 2. The highest BCUT2D eigenvalue weighted by Gasteiger charge is 2.15. The molecule has 0 saturated carbocycles. The summed E-state index contributed by atoms with van der Waals surface area (Å²) in [6.45, 7) is 8.69. The Bertz CT molecular complexity index is 1090. The molecule has 2 aromatic heterocycles. The number of H-pyrrole nitrogens is 1. The van der Waals surface area contributed by atoms with Crippen molar-refractivity contribution in [2.45, 2.75) is 26.4 Å². The molecule has 8 heteroatoms. The summed E-state index contributed by atoms with van der Waals surface area (Å²) in [7, 11) is 0. The fraction of sp³-hybridized carbons (Fsp3) is 0.417. The van der Waals surface area contributed by atoms with Gasteiger partial charge in [0.25, 0.3) is 5.56 Å². The molecule has 0 atom stereocenters. The smallest absolute Gasteiger partial charge is 0.253 e. The standard InChI is InChI=1S/C24H30N4O2S2/c1-18-5-6-22-19(14-18)15-20(23(29)26-22)16-28(17-21-4-2-13-32-21)24(31)25-7-3-8-27-9-11-30-12-10-27/h2,4-6,13-15H,3,7-12,16-17H2,1H3,(H,25,31)(H,26,29). The van der Waals surface area contributed by atoms with Gasteiger partial charge < -0.3 is 19.9 Å². The normalized spacial score (nSPS) is 14.5. The van der Waals surface area contributed by atoms with E-state index in [0.29, 0.717) is 18.2 Å². The first-order valence-electron chi connectivity index (χ1n) is 11.1. The Labute approximate surface area is 198 Å². The van der Waals surface area contributed by atoms with Crippen LogP contribution in [0, 0.1) is 6.92 Å². The average Bonchev–Trinajstić information content (AvgIpc) is 3.31. The van der Waals surface area contributed by atoms with Gasteiger partial charge in [-0.05, 0) is 67.1 Å². The molecule has 32 heavy (non-hydrogen) atoms. The van der Waals surface area contributed by atoms with Crippen molar-refractivity contribution in [3.8, 4) is 0 Å². The van der Waals surface area contributed by atoms with Crippen molar-refractivity contribution < 1.29 is 4.74 Å². The van der Waals surface area contributed by atoms with E-state index in [-0.39, 0.29) is 5.56 Å². The number of aryl methyl sites for hydroxylation is 1. The number of morpholine rings is 1. The maximum atomic E-state index is 12.8. The summed E-state index contributed by atoms with van der Waals surface area (Å²) < 4.78 is 5.41. The Balaban J connectivity index is 1.43. The average molecular weight is 471 g/mol. The summed E-state index contributed by atoms with van der Waals surface area (Å²) >= 11 is 7.45. The third kappa shape index (κ3) is 6.16. The maximum absolute atomic E-state index is 12.8. The number of ether oxygens (including phenoxy) is 1. The van der Waals surface area contributed by atoms with Crippen molar-refractivity contribution in [1.29, 1.82) is 0 Å². The second-order valence-electron chi connectivity index (χ2n) is 8.19. The Kier molecular flexibility index (Phi) is 7.91.